The van der Waals surface area contributed by atoms with Crippen molar-refractivity contribution in [2.45, 2.75) is 0 Å². The molecule has 1 aromatic rings. The van der Waals surface area contributed by atoms with Gasteiger partial charge in [0.25, 0.3) is 0 Å². The molecule has 1 rings (SSSR count). The number of aldehydes is 1. The van der Waals surface area contributed by atoms with Gasteiger partial charge in [-0.3, -0.25) is 4.79 Å². The highest BCUT2D eigenvalue weighted by Gasteiger charge is 2.11. The molecule has 0 amide bonds. The van der Waals surface area contributed by atoms with E-state index >= 15 is 0 Å². The van der Waals surface area contributed by atoms with E-state index in [9.17, 15) is 18.0 Å². The fraction of sp³-hybridized carbons (Fsp3) is 0. The minimum Gasteiger partial charge on any atom is -0.295 e. The van der Waals surface area contributed by atoms with Crippen molar-refractivity contribution in [3.05, 3.63) is 41.5 Å². The quantitative estimate of drug-likeness (QED) is 0.512. The van der Waals surface area contributed by atoms with Crippen molar-refractivity contribution < 1.29 is 18.0 Å². The lowest BCUT2D eigenvalue weighted by molar-refractivity contribution is -0.106. The highest BCUT2D eigenvalue weighted by Crippen LogP contribution is 2.22. The van der Waals surface area contributed by atoms with Crippen LogP contribution >= 0.6 is 0 Å². The van der Waals surface area contributed by atoms with Gasteiger partial charge in [-0.1, -0.05) is 12.1 Å². The first kappa shape index (κ1) is 9.51. The van der Waals surface area contributed by atoms with Crippen molar-refractivity contribution in [3.63, 3.8) is 0 Å². The molecular weight excluding hydrogens is 181 g/mol. The lowest BCUT2D eigenvalue weighted by atomic mass is 10.2. The summed E-state index contributed by atoms with van der Waals surface area (Å²) >= 11 is 0. The number of benzene rings is 1. The molecule has 0 unspecified atom stereocenters. The summed E-state index contributed by atoms with van der Waals surface area (Å²) in [4.78, 5) is 9.84. The molecule has 0 fully saturated rings. The van der Waals surface area contributed by atoms with Gasteiger partial charge in [0.15, 0.2) is 17.9 Å². The molecule has 0 saturated carbocycles. The molecule has 1 nitrogen and oxygen atoms in total. The number of hydrogen-bond donors (Lipinski definition) is 0. The van der Waals surface area contributed by atoms with Crippen LogP contribution in [0.25, 0.3) is 5.83 Å². The minimum atomic E-state index is -1.61. The van der Waals surface area contributed by atoms with E-state index in [4.69, 9.17) is 0 Å². The Labute approximate surface area is 72.5 Å². The molecule has 0 aliphatic carbocycles. The summed E-state index contributed by atoms with van der Waals surface area (Å²) in [6.45, 7) is 0. The second-order valence-corrected chi connectivity index (χ2v) is 2.26. The molecule has 0 aromatic heterocycles. The fourth-order valence-corrected chi connectivity index (χ4v) is 0.820. The Hall–Kier alpha value is -1.58. The predicted octanol–water partition coefficient (Wildman–Crippen LogP) is 2.63. The van der Waals surface area contributed by atoms with Crippen molar-refractivity contribution in [1.29, 1.82) is 0 Å². The topological polar surface area (TPSA) is 17.1 Å². The van der Waals surface area contributed by atoms with Crippen LogP contribution in [-0.4, -0.2) is 6.29 Å². The summed E-state index contributed by atoms with van der Waals surface area (Å²) in [5, 5.41) is 0. The van der Waals surface area contributed by atoms with E-state index in [-0.39, 0.29) is 6.29 Å². The third-order valence-electron chi connectivity index (χ3n) is 1.42. The maximum Gasteiger partial charge on any atom is 0.199 e. The van der Waals surface area contributed by atoms with Crippen LogP contribution < -0.4 is 0 Å². The second-order valence-electron chi connectivity index (χ2n) is 2.26. The zero-order valence-corrected chi connectivity index (χ0v) is 6.43. The molecule has 0 spiro atoms. The van der Waals surface area contributed by atoms with Gasteiger partial charge < -0.3 is 0 Å². The summed E-state index contributed by atoms with van der Waals surface area (Å²) in [7, 11) is 0. The summed E-state index contributed by atoms with van der Waals surface area (Å²) < 4.78 is 38.0. The van der Waals surface area contributed by atoms with E-state index in [1.807, 2.05) is 0 Å². The van der Waals surface area contributed by atoms with E-state index < -0.39 is 23.0 Å². The Balaban J connectivity index is 3.23. The van der Waals surface area contributed by atoms with E-state index in [2.05, 4.69) is 0 Å². The second kappa shape index (κ2) is 3.89. The smallest absolute Gasteiger partial charge is 0.199 e. The first-order valence-electron chi connectivity index (χ1n) is 3.42. The van der Waals surface area contributed by atoms with E-state index in [1.165, 1.54) is 12.1 Å². The first-order valence-corrected chi connectivity index (χ1v) is 3.42. The average Bonchev–Trinajstić information content (AvgIpc) is 2.16. The van der Waals surface area contributed by atoms with Crippen LogP contribution in [0.3, 0.4) is 0 Å². The highest BCUT2D eigenvalue weighted by atomic mass is 19.2. The van der Waals surface area contributed by atoms with E-state index in [1.54, 1.807) is 0 Å². The maximum absolute atomic E-state index is 12.8. The van der Waals surface area contributed by atoms with Crippen LogP contribution in [0.4, 0.5) is 13.2 Å². The molecule has 0 radical (unpaired) electrons. The molecule has 0 bridgehead atoms. The molecular formula is C9H5F3O. The summed E-state index contributed by atoms with van der Waals surface area (Å²) in [6, 6.07) is 4.71. The Morgan fingerprint density at radius 2 is 1.85 bits per heavy atom. The normalized spacial score (nSPS) is 12.2. The summed E-state index contributed by atoms with van der Waals surface area (Å²) in [5.41, 5.74) is -0.549. The molecule has 4 heteroatoms. The molecule has 0 atom stereocenters. The van der Waals surface area contributed by atoms with Crippen molar-refractivity contribution in [3.8, 4) is 0 Å². The standard InChI is InChI=1S/C9H5F3O/c10-7-4-2-1-3-6(7)9(12)8(11)5-13/h1-5H. The van der Waals surface area contributed by atoms with E-state index in [0.29, 0.717) is 0 Å². The predicted molar refractivity (Wildman–Crippen MR) is 41.6 cm³/mol. The number of carbonyl (C=O) groups excluding carboxylic acids is 1. The molecule has 13 heavy (non-hydrogen) atoms. The molecule has 1 aromatic carbocycles. The summed E-state index contributed by atoms with van der Waals surface area (Å²) in [5.74, 6) is -3.99. The number of rotatable bonds is 2. The third-order valence-corrected chi connectivity index (χ3v) is 1.42. The molecule has 0 aliphatic heterocycles. The molecule has 0 N–H and O–H groups in total. The van der Waals surface area contributed by atoms with Gasteiger partial charge in [-0.05, 0) is 12.1 Å². The number of allylic oxidation sites excluding steroid dienone is 1. The fourth-order valence-electron chi connectivity index (χ4n) is 0.820. The van der Waals surface area contributed by atoms with Crippen molar-refractivity contribution in [2.75, 3.05) is 0 Å². The van der Waals surface area contributed by atoms with Gasteiger partial charge in [0.1, 0.15) is 5.82 Å². The first-order chi connectivity index (χ1) is 6.16. The number of halogens is 3. The lowest BCUT2D eigenvalue weighted by Crippen LogP contribution is -1.88. The molecule has 0 aliphatic rings. The minimum absolute atomic E-state index is 0.304. The SMILES string of the molecule is O=CC(F)=C(F)c1ccccc1F. The molecule has 0 heterocycles. The van der Waals surface area contributed by atoms with Crippen LogP contribution in [0.5, 0.6) is 0 Å². The summed E-state index contributed by atoms with van der Waals surface area (Å²) in [6.07, 6.45) is -0.304. The Bertz CT molecular complexity index is 358. The van der Waals surface area contributed by atoms with Crippen LogP contribution in [0.15, 0.2) is 30.1 Å². The van der Waals surface area contributed by atoms with Gasteiger partial charge in [-0.15, -0.1) is 0 Å². The van der Waals surface area contributed by atoms with Crippen molar-refractivity contribution in [2.24, 2.45) is 0 Å². The number of hydrogen-bond acceptors (Lipinski definition) is 1. The van der Waals surface area contributed by atoms with E-state index in [0.717, 1.165) is 12.1 Å². The zero-order valence-electron chi connectivity index (χ0n) is 6.43. The Morgan fingerprint density at radius 3 is 2.38 bits per heavy atom. The third kappa shape index (κ3) is 1.96. The number of carbonyl (C=O) groups is 1. The van der Waals surface area contributed by atoms with Gasteiger partial charge in [0.05, 0.1) is 0 Å². The largest absolute Gasteiger partial charge is 0.295 e. The van der Waals surface area contributed by atoms with Gasteiger partial charge in [-0.2, -0.15) is 0 Å². The Kier molecular flexibility index (Phi) is 2.84. The highest BCUT2D eigenvalue weighted by molar-refractivity contribution is 5.82. The van der Waals surface area contributed by atoms with Gasteiger partial charge in [0.2, 0.25) is 0 Å². The van der Waals surface area contributed by atoms with Crippen LogP contribution in [0.2, 0.25) is 0 Å². The monoisotopic (exact) mass is 186 g/mol. The average molecular weight is 186 g/mol. The maximum atomic E-state index is 12.8. The molecule has 68 valence electrons. The van der Waals surface area contributed by atoms with Gasteiger partial charge >= 0.3 is 0 Å². The van der Waals surface area contributed by atoms with Crippen molar-refractivity contribution in [1.82, 2.24) is 0 Å². The lowest BCUT2D eigenvalue weighted by Gasteiger charge is -1.98. The van der Waals surface area contributed by atoms with Crippen LogP contribution in [-0.2, 0) is 4.79 Å². The van der Waals surface area contributed by atoms with Crippen LogP contribution in [0.1, 0.15) is 5.56 Å². The van der Waals surface area contributed by atoms with Crippen LogP contribution in [0, 0.1) is 5.82 Å². The van der Waals surface area contributed by atoms with Crippen molar-refractivity contribution >= 4 is 12.1 Å². The zero-order chi connectivity index (χ0) is 9.84. The molecule has 0 saturated heterocycles. The van der Waals surface area contributed by atoms with Gasteiger partial charge in [-0.25, -0.2) is 13.2 Å². The van der Waals surface area contributed by atoms with Gasteiger partial charge in [0, 0.05) is 5.56 Å². The Morgan fingerprint density at radius 1 is 1.23 bits per heavy atom.